The maximum atomic E-state index is 12.2. The molecule has 1 aromatic heterocycles. The minimum Gasteiger partial charge on any atom is -0.402 e. The van der Waals surface area contributed by atoms with Gasteiger partial charge in [-0.3, -0.25) is 0 Å². The van der Waals surface area contributed by atoms with E-state index in [4.69, 9.17) is 20.9 Å². The Morgan fingerprint density at radius 3 is 2.48 bits per heavy atom. The molecule has 29 heavy (non-hydrogen) atoms. The van der Waals surface area contributed by atoms with Gasteiger partial charge in [0.25, 0.3) is 0 Å². The fourth-order valence-electron chi connectivity index (χ4n) is 3.13. The molecule has 0 N–H and O–H groups in total. The van der Waals surface area contributed by atoms with E-state index in [1.54, 1.807) is 18.2 Å². The molecule has 0 saturated heterocycles. The lowest BCUT2D eigenvalue weighted by atomic mass is 10.1. The Balaban J connectivity index is 1.54. The molecule has 0 fully saturated rings. The van der Waals surface area contributed by atoms with Crippen LogP contribution in [0.1, 0.15) is 11.1 Å². The van der Waals surface area contributed by atoms with Gasteiger partial charge >= 0.3 is 5.97 Å². The topological polar surface area (TPSA) is 64.7 Å². The lowest BCUT2D eigenvalue weighted by molar-refractivity contribution is -0.129. The van der Waals surface area contributed by atoms with Crippen LogP contribution in [0.5, 0.6) is 0 Å². The number of nitrogens with zero attached hydrogens (tertiary/aromatic N) is 2. The molecular weight excluding hydrogens is 388 g/mol. The van der Waals surface area contributed by atoms with Crippen LogP contribution in [0.4, 0.5) is 0 Å². The van der Waals surface area contributed by atoms with Crippen molar-refractivity contribution in [2.45, 2.75) is 0 Å². The molecular formula is C23H13ClN2O3. The Kier molecular flexibility index (Phi) is 4.22. The van der Waals surface area contributed by atoms with E-state index in [2.05, 4.69) is 10.1 Å². The standard InChI is InChI=1S/C23H13ClN2O3/c24-17-9-7-15(8-10-17)21-18-12-14(6-11-19(18)26-29-21)13-20-23(27)28-22(25-20)16-4-2-1-3-5-16/h1-13H. The highest BCUT2D eigenvalue weighted by Gasteiger charge is 2.24. The second-order valence-electron chi connectivity index (χ2n) is 6.50. The summed E-state index contributed by atoms with van der Waals surface area (Å²) in [7, 11) is 0. The smallest absolute Gasteiger partial charge is 0.363 e. The Hall–Kier alpha value is -3.70. The van der Waals surface area contributed by atoms with Gasteiger partial charge in [0.1, 0.15) is 5.52 Å². The number of carbonyl (C=O) groups excluding carboxylic acids is 1. The van der Waals surface area contributed by atoms with Gasteiger partial charge in [0.05, 0.1) is 5.39 Å². The zero-order valence-corrected chi connectivity index (χ0v) is 15.8. The SMILES string of the molecule is O=C1OC(c2ccccc2)=NC1=Cc1ccc2noc(-c3ccc(Cl)cc3)c2c1. The number of aromatic nitrogens is 1. The second-order valence-corrected chi connectivity index (χ2v) is 6.93. The third kappa shape index (κ3) is 3.32. The second kappa shape index (κ2) is 7.04. The van der Waals surface area contributed by atoms with Gasteiger partial charge in [0.2, 0.25) is 5.90 Å². The number of benzene rings is 3. The highest BCUT2D eigenvalue weighted by Crippen LogP contribution is 2.31. The van der Waals surface area contributed by atoms with Gasteiger partial charge in [-0.15, -0.1) is 0 Å². The van der Waals surface area contributed by atoms with Crippen LogP contribution in [-0.2, 0) is 9.53 Å². The van der Waals surface area contributed by atoms with Crippen LogP contribution in [0, 0.1) is 0 Å². The first-order chi connectivity index (χ1) is 14.2. The van der Waals surface area contributed by atoms with Gasteiger partial charge < -0.3 is 9.26 Å². The molecule has 4 aromatic rings. The number of hydrogen-bond donors (Lipinski definition) is 0. The van der Waals surface area contributed by atoms with Crippen molar-refractivity contribution < 1.29 is 14.1 Å². The average Bonchev–Trinajstić information content (AvgIpc) is 3.33. The maximum absolute atomic E-state index is 12.2. The number of fused-ring (bicyclic) bond motifs is 1. The Labute approximate surface area is 170 Å². The van der Waals surface area contributed by atoms with Crippen LogP contribution in [-0.4, -0.2) is 17.0 Å². The Morgan fingerprint density at radius 2 is 1.69 bits per heavy atom. The van der Waals surface area contributed by atoms with Crippen LogP contribution < -0.4 is 0 Å². The lowest BCUT2D eigenvalue weighted by Crippen LogP contribution is -2.04. The molecule has 5 rings (SSSR count). The molecule has 0 atom stereocenters. The fraction of sp³-hybridized carbons (Fsp3) is 0. The molecule has 5 nitrogen and oxygen atoms in total. The number of cyclic esters (lactones) is 1. The summed E-state index contributed by atoms with van der Waals surface area (Å²) in [5.74, 6) is 0.460. The molecule has 6 heteroatoms. The van der Waals surface area contributed by atoms with E-state index in [0.717, 1.165) is 27.6 Å². The summed E-state index contributed by atoms with van der Waals surface area (Å²) in [6, 6.07) is 22.3. The minimum absolute atomic E-state index is 0.243. The maximum Gasteiger partial charge on any atom is 0.363 e. The number of carbonyl (C=O) groups is 1. The molecule has 0 spiro atoms. The molecule has 3 aromatic carbocycles. The highest BCUT2D eigenvalue weighted by atomic mass is 35.5. The zero-order valence-electron chi connectivity index (χ0n) is 15.0. The summed E-state index contributed by atoms with van der Waals surface area (Å²) in [6.07, 6.45) is 1.69. The van der Waals surface area contributed by atoms with E-state index in [0.29, 0.717) is 16.7 Å². The predicted octanol–water partition coefficient (Wildman–Crippen LogP) is 5.49. The summed E-state index contributed by atoms with van der Waals surface area (Å²) >= 11 is 5.97. The van der Waals surface area contributed by atoms with Crippen molar-refractivity contribution in [2.24, 2.45) is 4.99 Å². The third-order valence-corrected chi connectivity index (χ3v) is 4.80. The Morgan fingerprint density at radius 1 is 0.897 bits per heavy atom. The van der Waals surface area contributed by atoms with E-state index in [1.165, 1.54) is 0 Å². The quantitative estimate of drug-likeness (QED) is 0.337. The van der Waals surface area contributed by atoms with Crippen LogP contribution in [0.3, 0.4) is 0 Å². The van der Waals surface area contributed by atoms with Crippen molar-refractivity contribution in [1.29, 1.82) is 0 Å². The van der Waals surface area contributed by atoms with Crippen LogP contribution >= 0.6 is 11.6 Å². The number of esters is 1. The normalized spacial score (nSPS) is 15.0. The fourth-order valence-corrected chi connectivity index (χ4v) is 3.26. The van der Waals surface area contributed by atoms with Gasteiger partial charge in [0.15, 0.2) is 11.5 Å². The summed E-state index contributed by atoms with van der Waals surface area (Å²) in [6.45, 7) is 0. The van der Waals surface area contributed by atoms with Crippen molar-refractivity contribution in [3.8, 4) is 11.3 Å². The molecule has 0 aliphatic carbocycles. The van der Waals surface area contributed by atoms with Gasteiger partial charge in [-0.25, -0.2) is 9.79 Å². The minimum atomic E-state index is -0.479. The van der Waals surface area contributed by atoms with E-state index < -0.39 is 5.97 Å². The van der Waals surface area contributed by atoms with Crippen molar-refractivity contribution in [2.75, 3.05) is 0 Å². The molecule has 0 saturated carbocycles. The summed E-state index contributed by atoms with van der Waals surface area (Å²) in [4.78, 5) is 16.6. The zero-order chi connectivity index (χ0) is 19.8. The molecule has 0 bridgehead atoms. The summed E-state index contributed by atoms with van der Waals surface area (Å²) < 4.78 is 10.8. The molecule has 2 heterocycles. The van der Waals surface area contributed by atoms with Crippen molar-refractivity contribution >= 4 is 40.4 Å². The van der Waals surface area contributed by atoms with E-state index >= 15 is 0 Å². The van der Waals surface area contributed by atoms with Crippen molar-refractivity contribution in [3.63, 3.8) is 0 Å². The average molecular weight is 401 g/mol. The number of hydrogen-bond acceptors (Lipinski definition) is 5. The number of aliphatic imine (C=N–C) groups is 1. The molecule has 1 aliphatic rings. The first-order valence-electron chi connectivity index (χ1n) is 8.91. The lowest BCUT2D eigenvalue weighted by Gasteiger charge is -1.99. The number of ether oxygens (including phenoxy) is 1. The molecule has 0 radical (unpaired) electrons. The highest BCUT2D eigenvalue weighted by molar-refractivity contribution is 6.30. The Bertz CT molecular complexity index is 1290. The van der Waals surface area contributed by atoms with Gasteiger partial charge in [-0.2, -0.15) is 0 Å². The molecule has 1 aliphatic heterocycles. The van der Waals surface area contributed by atoms with Gasteiger partial charge in [-0.05, 0) is 60.2 Å². The molecule has 0 unspecified atom stereocenters. The number of rotatable bonds is 3. The van der Waals surface area contributed by atoms with E-state index in [1.807, 2.05) is 60.7 Å². The largest absolute Gasteiger partial charge is 0.402 e. The van der Waals surface area contributed by atoms with Crippen LogP contribution in [0.15, 0.2) is 88.0 Å². The number of halogens is 1. The third-order valence-electron chi connectivity index (χ3n) is 4.55. The van der Waals surface area contributed by atoms with Gasteiger partial charge in [0, 0.05) is 16.1 Å². The predicted molar refractivity (Wildman–Crippen MR) is 112 cm³/mol. The van der Waals surface area contributed by atoms with Crippen molar-refractivity contribution in [3.05, 3.63) is 94.6 Å². The molecule has 140 valence electrons. The van der Waals surface area contributed by atoms with Crippen molar-refractivity contribution in [1.82, 2.24) is 5.16 Å². The van der Waals surface area contributed by atoms with Crippen LogP contribution in [0.25, 0.3) is 28.3 Å². The summed E-state index contributed by atoms with van der Waals surface area (Å²) in [5, 5.41) is 5.59. The van der Waals surface area contributed by atoms with Gasteiger partial charge in [-0.1, -0.05) is 41.0 Å². The van der Waals surface area contributed by atoms with Crippen LogP contribution in [0.2, 0.25) is 5.02 Å². The van der Waals surface area contributed by atoms with E-state index in [-0.39, 0.29) is 5.70 Å². The monoisotopic (exact) mass is 400 g/mol. The first-order valence-corrected chi connectivity index (χ1v) is 9.28. The first kappa shape index (κ1) is 17.4. The molecule has 0 amide bonds. The van der Waals surface area contributed by atoms with E-state index in [9.17, 15) is 4.79 Å². The summed E-state index contributed by atoms with van der Waals surface area (Å²) in [5.41, 5.74) is 3.38.